The van der Waals surface area contributed by atoms with Crippen molar-refractivity contribution in [2.24, 2.45) is 5.92 Å². The van der Waals surface area contributed by atoms with Crippen molar-refractivity contribution in [3.8, 4) is 0 Å². The maximum atomic E-state index is 12.7. The predicted molar refractivity (Wildman–Crippen MR) is 102 cm³/mol. The van der Waals surface area contributed by atoms with Crippen LogP contribution < -0.4 is 5.32 Å². The third-order valence-electron chi connectivity index (χ3n) is 4.47. The fourth-order valence-corrected chi connectivity index (χ4v) is 4.68. The molecule has 2 heterocycles. The number of piperidine rings is 1. The minimum absolute atomic E-state index is 0.0328. The summed E-state index contributed by atoms with van der Waals surface area (Å²) in [5, 5.41) is 2.91. The molecule has 8 heteroatoms. The van der Waals surface area contributed by atoms with Crippen molar-refractivity contribution in [2.75, 3.05) is 13.1 Å². The molecule has 26 heavy (non-hydrogen) atoms. The number of halogens is 1. The fourth-order valence-electron chi connectivity index (χ4n) is 2.95. The van der Waals surface area contributed by atoms with Crippen LogP contribution >= 0.6 is 15.9 Å². The number of nitrogens with one attached hydrogen (secondary N) is 1. The van der Waals surface area contributed by atoms with Crippen LogP contribution in [-0.4, -0.2) is 36.7 Å². The summed E-state index contributed by atoms with van der Waals surface area (Å²) in [6.07, 6.45) is 4.45. The number of carbonyl (C=O) groups is 1. The van der Waals surface area contributed by atoms with E-state index in [9.17, 15) is 13.2 Å². The van der Waals surface area contributed by atoms with Gasteiger partial charge in [0, 0.05) is 42.4 Å². The van der Waals surface area contributed by atoms with Crippen LogP contribution in [0, 0.1) is 5.92 Å². The maximum Gasteiger partial charge on any atom is 0.243 e. The van der Waals surface area contributed by atoms with Gasteiger partial charge >= 0.3 is 0 Å². The molecule has 1 N–H and O–H groups in total. The van der Waals surface area contributed by atoms with Gasteiger partial charge in [0.15, 0.2) is 0 Å². The van der Waals surface area contributed by atoms with Crippen molar-refractivity contribution in [3.63, 3.8) is 0 Å². The molecule has 0 saturated carbocycles. The van der Waals surface area contributed by atoms with Crippen molar-refractivity contribution in [1.82, 2.24) is 14.6 Å². The lowest BCUT2D eigenvalue weighted by molar-refractivity contribution is -0.126. The second-order valence-electron chi connectivity index (χ2n) is 6.21. The molecular formula is C18H20BrN3O3S. The molecule has 1 aromatic heterocycles. The van der Waals surface area contributed by atoms with E-state index < -0.39 is 10.0 Å². The van der Waals surface area contributed by atoms with E-state index in [4.69, 9.17) is 0 Å². The number of hydrogen-bond donors (Lipinski definition) is 1. The Balaban J connectivity index is 1.55. The van der Waals surface area contributed by atoms with E-state index in [0.717, 1.165) is 10.0 Å². The van der Waals surface area contributed by atoms with Crippen molar-refractivity contribution in [1.29, 1.82) is 0 Å². The van der Waals surface area contributed by atoms with Gasteiger partial charge in [0.2, 0.25) is 15.9 Å². The van der Waals surface area contributed by atoms with Crippen LogP contribution in [0.5, 0.6) is 0 Å². The molecule has 6 nitrogen and oxygen atoms in total. The lowest BCUT2D eigenvalue weighted by Crippen LogP contribution is -2.42. The molecular weight excluding hydrogens is 418 g/mol. The normalized spacial score (nSPS) is 16.3. The van der Waals surface area contributed by atoms with E-state index in [2.05, 4.69) is 26.2 Å². The minimum Gasteiger partial charge on any atom is -0.352 e. The number of carbonyl (C=O) groups excluding carboxylic acids is 1. The van der Waals surface area contributed by atoms with Crippen LogP contribution in [0.1, 0.15) is 18.4 Å². The number of nitrogens with zero attached hydrogens (tertiary/aromatic N) is 2. The van der Waals surface area contributed by atoms with E-state index in [-0.39, 0.29) is 16.7 Å². The molecule has 2 aromatic rings. The van der Waals surface area contributed by atoms with Crippen LogP contribution in [0.2, 0.25) is 0 Å². The van der Waals surface area contributed by atoms with Gasteiger partial charge in [0.1, 0.15) is 0 Å². The molecule has 3 rings (SSSR count). The zero-order valence-corrected chi connectivity index (χ0v) is 16.5. The summed E-state index contributed by atoms with van der Waals surface area (Å²) in [6.45, 7) is 1.14. The highest BCUT2D eigenvalue weighted by Crippen LogP contribution is 2.25. The zero-order chi connectivity index (χ0) is 18.6. The number of amides is 1. The van der Waals surface area contributed by atoms with E-state index in [1.54, 1.807) is 36.7 Å². The third kappa shape index (κ3) is 4.49. The number of aromatic nitrogens is 1. The molecule has 1 saturated heterocycles. The third-order valence-corrected chi connectivity index (χ3v) is 6.91. The van der Waals surface area contributed by atoms with Gasteiger partial charge in [-0.25, -0.2) is 8.42 Å². The Morgan fingerprint density at radius 1 is 1.19 bits per heavy atom. The van der Waals surface area contributed by atoms with Gasteiger partial charge in [-0.1, -0.05) is 22.0 Å². The Kier molecular flexibility index (Phi) is 6.05. The molecule has 0 bridgehead atoms. The van der Waals surface area contributed by atoms with Gasteiger partial charge in [-0.2, -0.15) is 4.31 Å². The van der Waals surface area contributed by atoms with Gasteiger partial charge in [0.05, 0.1) is 4.90 Å². The number of rotatable bonds is 5. The summed E-state index contributed by atoms with van der Waals surface area (Å²) in [5.74, 6) is -0.197. The average molecular weight is 438 g/mol. The molecule has 0 radical (unpaired) electrons. The Bertz CT molecular complexity index is 849. The first kappa shape index (κ1) is 19.0. The standard InChI is InChI=1S/C18H20BrN3O3S/c19-16-3-5-17(6-4-16)26(24,25)22-10-7-15(8-11-22)18(23)21-13-14-2-1-9-20-12-14/h1-6,9,12,15H,7-8,10-11,13H2,(H,21,23). The van der Waals surface area contributed by atoms with Gasteiger partial charge in [-0.3, -0.25) is 9.78 Å². The van der Waals surface area contributed by atoms with Gasteiger partial charge in [-0.05, 0) is 48.7 Å². The molecule has 1 fully saturated rings. The largest absolute Gasteiger partial charge is 0.352 e. The first-order chi connectivity index (χ1) is 12.5. The van der Waals surface area contributed by atoms with E-state index in [0.29, 0.717) is 32.5 Å². The van der Waals surface area contributed by atoms with Crippen LogP contribution in [0.3, 0.4) is 0 Å². The Hall–Kier alpha value is -1.77. The molecule has 1 aliphatic heterocycles. The number of benzene rings is 1. The molecule has 0 aliphatic carbocycles. The van der Waals surface area contributed by atoms with E-state index in [1.165, 1.54) is 4.31 Å². The Morgan fingerprint density at radius 3 is 2.50 bits per heavy atom. The number of pyridine rings is 1. The highest BCUT2D eigenvalue weighted by atomic mass is 79.9. The Morgan fingerprint density at radius 2 is 1.88 bits per heavy atom. The van der Waals surface area contributed by atoms with Crippen molar-refractivity contribution >= 4 is 31.9 Å². The topological polar surface area (TPSA) is 79.4 Å². The van der Waals surface area contributed by atoms with E-state index in [1.807, 2.05) is 12.1 Å². The predicted octanol–water partition coefficient (Wildman–Crippen LogP) is 2.56. The summed E-state index contributed by atoms with van der Waals surface area (Å²) in [5.41, 5.74) is 0.941. The number of hydrogen-bond acceptors (Lipinski definition) is 4. The first-order valence-electron chi connectivity index (χ1n) is 8.39. The molecule has 0 spiro atoms. The lowest BCUT2D eigenvalue weighted by atomic mass is 9.97. The van der Waals surface area contributed by atoms with Gasteiger partial charge < -0.3 is 5.32 Å². The number of sulfonamides is 1. The van der Waals surface area contributed by atoms with E-state index >= 15 is 0 Å². The van der Waals surface area contributed by atoms with Crippen LogP contribution in [0.25, 0.3) is 0 Å². The smallest absolute Gasteiger partial charge is 0.243 e. The monoisotopic (exact) mass is 437 g/mol. The van der Waals surface area contributed by atoms with Crippen molar-refractivity contribution in [2.45, 2.75) is 24.3 Å². The summed E-state index contributed by atoms with van der Waals surface area (Å²) in [4.78, 5) is 16.6. The van der Waals surface area contributed by atoms with Crippen LogP contribution in [-0.2, 0) is 21.4 Å². The highest BCUT2D eigenvalue weighted by molar-refractivity contribution is 9.10. The van der Waals surface area contributed by atoms with Gasteiger partial charge in [0.25, 0.3) is 0 Å². The SMILES string of the molecule is O=C(NCc1cccnc1)C1CCN(S(=O)(=O)c2ccc(Br)cc2)CC1. The summed E-state index contributed by atoms with van der Waals surface area (Å²) in [6, 6.07) is 10.3. The second-order valence-corrected chi connectivity index (χ2v) is 9.06. The van der Waals surface area contributed by atoms with Crippen molar-refractivity contribution < 1.29 is 13.2 Å². The quantitative estimate of drug-likeness (QED) is 0.779. The molecule has 1 aromatic carbocycles. The zero-order valence-electron chi connectivity index (χ0n) is 14.1. The van der Waals surface area contributed by atoms with Crippen LogP contribution in [0.4, 0.5) is 0 Å². The summed E-state index contributed by atoms with van der Waals surface area (Å²) >= 11 is 3.31. The average Bonchev–Trinajstić information content (AvgIpc) is 2.67. The molecule has 138 valence electrons. The minimum atomic E-state index is -3.51. The van der Waals surface area contributed by atoms with Crippen LogP contribution in [0.15, 0.2) is 58.2 Å². The van der Waals surface area contributed by atoms with Gasteiger partial charge in [-0.15, -0.1) is 0 Å². The molecule has 1 amide bonds. The first-order valence-corrected chi connectivity index (χ1v) is 10.6. The molecule has 1 aliphatic rings. The Labute approximate surface area is 161 Å². The molecule has 0 unspecified atom stereocenters. The fraction of sp³-hybridized carbons (Fsp3) is 0.333. The highest BCUT2D eigenvalue weighted by Gasteiger charge is 2.31. The van der Waals surface area contributed by atoms with Crippen molar-refractivity contribution in [3.05, 3.63) is 58.8 Å². The maximum absolute atomic E-state index is 12.7. The summed E-state index contributed by atoms with van der Waals surface area (Å²) in [7, 11) is -3.51. The molecule has 0 atom stereocenters. The lowest BCUT2D eigenvalue weighted by Gasteiger charge is -2.30. The summed E-state index contributed by atoms with van der Waals surface area (Å²) < 4.78 is 27.7. The second kappa shape index (κ2) is 8.28.